The summed E-state index contributed by atoms with van der Waals surface area (Å²) in [5.74, 6) is 0.601. The molecule has 2 aromatic rings. The van der Waals surface area contributed by atoms with Crippen LogP contribution in [0.4, 0.5) is 0 Å². The quantitative estimate of drug-likeness (QED) is 0.929. The lowest BCUT2D eigenvalue weighted by atomic mass is 9.98. The van der Waals surface area contributed by atoms with Crippen LogP contribution in [0.5, 0.6) is 0 Å². The molecule has 3 rings (SSSR count). The minimum absolute atomic E-state index is 0.0711. The van der Waals surface area contributed by atoms with Crippen LogP contribution in [-0.2, 0) is 6.54 Å². The predicted octanol–water partition coefficient (Wildman–Crippen LogP) is 3.67. The van der Waals surface area contributed by atoms with Gasteiger partial charge in [-0.15, -0.1) is 0 Å². The number of benzene rings is 1. The molecule has 0 aliphatic carbocycles. The van der Waals surface area contributed by atoms with Crippen molar-refractivity contribution < 1.29 is 0 Å². The highest BCUT2D eigenvalue weighted by atomic mass is 35.5. The van der Waals surface area contributed by atoms with Gasteiger partial charge in [-0.2, -0.15) is 0 Å². The minimum atomic E-state index is 0.0711. The van der Waals surface area contributed by atoms with Gasteiger partial charge in [-0.3, -0.25) is 4.79 Å². The van der Waals surface area contributed by atoms with Gasteiger partial charge in [0, 0.05) is 23.8 Å². The van der Waals surface area contributed by atoms with E-state index in [4.69, 9.17) is 11.6 Å². The third kappa shape index (κ3) is 4.57. The third-order valence-corrected chi connectivity index (χ3v) is 4.52. The van der Waals surface area contributed by atoms with E-state index in [1.165, 1.54) is 0 Å². The van der Waals surface area contributed by atoms with Crippen molar-refractivity contribution in [3.8, 4) is 0 Å². The molecule has 2 heterocycles. The standard InChI is InChI=1S/C19H21ClN2O/c20-18-5-3-15(4-6-18)1-2-16-9-12-22(19(23)13-16)14-17-7-10-21-11-8-17/h1-6,9,12-13,17,21H,7-8,10-11,14H2/b2-1+. The molecular formula is C19H21ClN2O. The zero-order valence-corrected chi connectivity index (χ0v) is 13.8. The molecule has 120 valence electrons. The Labute approximate surface area is 141 Å². The van der Waals surface area contributed by atoms with E-state index < -0.39 is 0 Å². The topological polar surface area (TPSA) is 34.0 Å². The van der Waals surface area contributed by atoms with E-state index in [1.807, 2.05) is 53.2 Å². The van der Waals surface area contributed by atoms with Crippen molar-refractivity contribution in [2.24, 2.45) is 5.92 Å². The largest absolute Gasteiger partial charge is 0.317 e. The van der Waals surface area contributed by atoms with Crippen LogP contribution in [-0.4, -0.2) is 17.7 Å². The maximum atomic E-state index is 12.3. The molecule has 1 aliphatic rings. The number of piperidine rings is 1. The highest BCUT2D eigenvalue weighted by Crippen LogP contribution is 2.14. The summed E-state index contributed by atoms with van der Waals surface area (Å²) < 4.78 is 1.83. The summed E-state index contributed by atoms with van der Waals surface area (Å²) in [7, 11) is 0. The Hall–Kier alpha value is -1.84. The van der Waals surface area contributed by atoms with E-state index in [9.17, 15) is 4.79 Å². The Balaban J connectivity index is 1.68. The summed E-state index contributed by atoms with van der Waals surface area (Å²) in [6.07, 6.45) is 8.14. The van der Waals surface area contributed by atoms with Gasteiger partial charge in [0.15, 0.2) is 0 Å². The maximum Gasteiger partial charge on any atom is 0.251 e. The van der Waals surface area contributed by atoms with Crippen LogP contribution in [0.15, 0.2) is 47.4 Å². The van der Waals surface area contributed by atoms with Gasteiger partial charge in [-0.1, -0.05) is 35.9 Å². The van der Waals surface area contributed by atoms with Crippen molar-refractivity contribution in [1.29, 1.82) is 0 Å². The second-order valence-electron chi connectivity index (χ2n) is 6.03. The fourth-order valence-electron chi connectivity index (χ4n) is 2.89. The second kappa shape index (κ2) is 7.62. The molecule has 4 heteroatoms. The first-order chi connectivity index (χ1) is 11.2. The van der Waals surface area contributed by atoms with Crippen molar-refractivity contribution in [2.75, 3.05) is 13.1 Å². The van der Waals surface area contributed by atoms with E-state index in [-0.39, 0.29) is 5.56 Å². The Morgan fingerprint density at radius 3 is 2.48 bits per heavy atom. The van der Waals surface area contributed by atoms with Crippen LogP contribution >= 0.6 is 11.6 Å². The lowest BCUT2D eigenvalue weighted by Crippen LogP contribution is -2.32. The van der Waals surface area contributed by atoms with Crippen molar-refractivity contribution in [3.63, 3.8) is 0 Å². The predicted molar refractivity (Wildman–Crippen MR) is 96.7 cm³/mol. The number of rotatable bonds is 4. The molecule has 1 fully saturated rings. The highest BCUT2D eigenvalue weighted by Gasteiger charge is 2.13. The fourth-order valence-corrected chi connectivity index (χ4v) is 3.01. The molecule has 0 amide bonds. The number of hydrogen-bond donors (Lipinski definition) is 1. The van der Waals surface area contributed by atoms with Gasteiger partial charge >= 0.3 is 0 Å². The van der Waals surface area contributed by atoms with Crippen molar-refractivity contribution in [3.05, 3.63) is 69.1 Å². The van der Waals surface area contributed by atoms with Crippen LogP contribution < -0.4 is 10.9 Å². The van der Waals surface area contributed by atoms with E-state index >= 15 is 0 Å². The summed E-state index contributed by atoms with van der Waals surface area (Å²) in [5.41, 5.74) is 2.06. The molecule has 1 aromatic carbocycles. The van der Waals surface area contributed by atoms with Crippen molar-refractivity contribution in [2.45, 2.75) is 19.4 Å². The first-order valence-corrected chi connectivity index (χ1v) is 8.43. The van der Waals surface area contributed by atoms with Gasteiger partial charge in [0.2, 0.25) is 0 Å². The fraction of sp³-hybridized carbons (Fsp3) is 0.316. The van der Waals surface area contributed by atoms with Gasteiger partial charge in [0.25, 0.3) is 5.56 Å². The summed E-state index contributed by atoms with van der Waals surface area (Å²) in [6, 6.07) is 11.3. The zero-order valence-electron chi connectivity index (χ0n) is 13.0. The van der Waals surface area contributed by atoms with Gasteiger partial charge in [0.05, 0.1) is 0 Å². The Morgan fingerprint density at radius 2 is 1.78 bits per heavy atom. The molecule has 23 heavy (non-hydrogen) atoms. The summed E-state index contributed by atoms with van der Waals surface area (Å²) in [5, 5.41) is 4.08. The number of nitrogens with zero attached hydrogens (tertiary/aromatic N) is 1. The smallest absolute Gasteiger partial charge is 0.251 e. The molecule has 0 atom stereocenters. The van der Waals surface area contributed by atoms with E-state index in [0.29, 0.717) is 5.92 Å². The normalized spacial score (nSPS) is 16.0. The molecule has 1 N–H and O–H groups in total. The SMILES string of the molecule is O=c1cc(/C=C/c2ccc(Cl)cc2)ccn1CC1CCNCC1. The van der Waals surface area contributed by atoms with E-state index in [0.717, 1.165) is 48.6 Å². The molecule has 3 nitrogen and oxygen atoms in total. The Bertz CT molecular complexity index is 728. The number of nitrogens with one attached hydrogen (secondary N) is 1. The van der Waals surface area contributed by atoms with Crippen LogP contribution in [0.25, 0.3) is 12.2 Å². The molecule has 0 spiro atoms. The third-order valence-electron chi connectivity index (χ3n) is 4.27. The number of halogens is 1. The summed E-state index contributed by atoms with van der Waals surface area (Å²) in [6.45, 7) is 2.93. The molecule has 1 aliphatic heterocycles. The number of aromatic nitrogens is 1. The summed E-state index contributed by atoms with van der Waals surface area (Å²) in [4.78, 5) is 12.3. The lowest BCUT2D eigenvalue weighted by Gasteiger charge is -2.23. The number of hydrogen-bond acceptors (Lipinski definition) is 2. The van der Waals surface area contributed by atoms with Crippen LogP contribution in [0.2, 0.25) is 5.02 Å². The number of pyridine rings is 1. The first kappa shape index (κ1) is 16.0. The van der Waals surface area contributed by atoms with Gasteiger partial charge in [-0.05, 0) is 61.2 Å². The van der Waals surface area contributed by atoms with Gasteiger partial charge in [-0.25, -0.2) is 0 Å². The van der Waals surface area contributed by atoms with Gasteiger partial charge < -0.3 is 9.88 Å². The monoisotopic (exact) mass is 328 g/mol. The van der Waals surface area contributed by atoms with E-state index in [1.54, 1.807) is 6.07 Å². The average Bonchev–Trinajstić information content (AvgIpc) is 2.57. The Kier molecular flexibility index (Phi) is 5.31. The first-order valence-electron chi connectivity index (χ1n) is 8.05. The molecule has 0 bridgehead atoms. The molecule has 0 unspecified atom stereocenters. The highest BCUT2D eigenvalue weighted by molar-refractivity contribution is 6.30. The minimum Gasteiger partial charge on any atom is -0.317 e. The van der Waals surface area contributed by atoms with Crippen LogP contribution in [0.1, 0.15) is 24.0 Å². The van der Waals surface area contributed by atoms with Gasteiger partial charge in [0.1, 0.15) is 0 Å². The van der Waals surface area contributed by atoms with Crippen LogP contribution in [0.3, 0.4) is 0 Å². The van der Waals surface area contributed by atoms with Crippen molar-refractivity contribution >= 4 is 23.8 Å². The molecule has 0 radical (unpaired) electrons. The summed E-state index contributed by atoms with van der Waals surface area (Å²) >= 11 is 5.87. The maximum absolute atomic E-state index is 12.3. The van der Waals surface area contributed by atoms with E-state index in [2.05, 4.69) is 5.32 Å². The average molecular weight is 329 g/mol. The van der Waals surface area contributed by atoms with Crippen molar-refractivity contribution in [1.82, 2.24) is 9.88 Å². The van der Waals surface area contributed by atoms with Crippen LogP contribution in [0, 0.1) is 5.92 Å². The second-order valence-corrected chi connectivity index (χ2v) is 6.47. The molecular weight excluding hydrogens is 308 g/mol. The Morgan fingerprint density at radius 1 is 1.09 bits per heavy atom. The lowest BCUT2D eigenvalue weighted by molar-refractivity contribution is 0.330. The zero-order chi connectivity index (χ0) is 16.1. The molecule has 1 aromatic heterocycles. The molecule has 1 saturated heterocycles. The molecule has 0 saturated carbocycles.